The molecule has 0 aromatic heterocycles. The van der Waals surface area contributed by atoms with E-state index in [1.807, 2.05) is 37.4 Å². The van der Waals surface area contributed by atoms with E-state index in [4.69, 9.17) is 9.90 Å². The van der Waals surface area contributed by atoms with Crippen molar-refractivity contribution in [2.75, 3.05) is 57.8 Å². The van der Waals surface area contributed by atoms with Crippen molar-refractivity contribution in [2.45, 2.75) is 37.7 Å². The monoisotopic (exact) mass is 616 g/mol. The quantitative estimate of drug-likeness (QED) is 0.204. The molecule has 0 unspecified atom stereocenters. The molecular weight excluding hydrogens is 582 g/mol. The Morgan fingerprint density at radius 1 is 1.02 bits per heavy atom. The first-order valence-corrected chi connectivity index (χ1v) is 13.8. The molecule has 41 heavy (non-hydrogen) atoms. The summed E-state index contributed by atoms with van der Waals surface area (Å²) in [6.45, 7) is 4.19. The molecule has 1 aliphatic rings. The van der Waals surface area contributed by atoms with Crippen LogP contribution in [0.2, 0.25) is 0 Å². The molecule has 0 saturated carbocycles. The summed E-state index contributed by atoms with van der Waals surface area (Å²) in [7, 11) is 2.03. The van der Waals surface area contributed by atoms with Crippen LogP contribution in [0.1, 0.15) is 18.4 Å². The van der Waals surface area contributed by atoms with Crippen LogP contribution in [0, 0.1) is 0 Å². The van der Waals surface area contributed by atoms with Crippen LogP contribution >= 0.6 is 11.8 Å². The number of carboxylic acid groups (broad SMARTS) is 1. The Morgan fingerprint density at radius 2 is 1.61 bits per heavy atom. The first-order valence-electron chi connectivity index (χ1n) is 12.7. The van der Waals surface area contributed by atoms with Gasteiger partial charge in [-0.1, -0.05) is 30.3 Å². The molecule has 16 heteroatoms. The van der Waals surface area contributed by atoms with Crippen LogP contribution in [0.25, 0.3) is 0 Å². The summed E-state index contributed by atoms with van der Waals surface area (Å²) in [5.41, 5.74) is 1.08. The molecule has 1 fully saturated rings. The van der Waals surface area contributed by atoms with E-state index in [1.165, 1.54) is 0 Å². The third kappa shape index (κ3) is 16.2. The topological polar surface area (TPSA) is 123 Å². The number of Topliss-reactive ketones (excluding diaryl/α,β-unsaturated/α-hetero) is 1. The second-order valence-corrected chi connectivity index (χ2v) is 10.4. The van der Waals surface area contributed by atoms with Crippen molar-refractivity contribution in [3.63, 3.8) is 0 Å². The number of likely N-dealkylation sites (N-methyl/N-ethyl adjacent to an activating group) is 1. The molecule has 0 bridgehead atoms. The second kappa shape index (κ2) is 17.9. The maximum Gasteiger partial charge on any atom is 0.450 e. The van der Waals surface area contributed by atoms with Gasteiger partial charge in [-0.2, -0.15) is 38.1 Å². The number of carbonyl (C=O) groups is 4. The molecule has 1 aromatic rings. The number of amides is 2. The number of ketones is 1. The zero-order valence-corrected chi connectivity index (χ0v) is 23.2. The minimum absolute atomic E-state index is 0.220. The molecule has 9 nitrogen and oxygen atoms in total. The summed E-state index contributed by atoms with van der Waals surface area (Å²) in [5, 5.41) is 14.4. The summed E-state index contributed by atoms with van der Waals surface area (Å²) in [4.78, 5) is 48.5. The molecule has 0 aliphatic carbocycles. The number of nitrogens with zero attached hydrogens (tertiary/aromatic N) is 1. The van der Waals surface area contributed by atoms with Gasteiger partial charge in [0.05, 0.1) is 18.8 Å². The van der Waals surface area contributed by atoms with Crippen LogP contribution in [-0.2, 0) is 25.6 Å². The van der Waals surface area contributed by atoms with Crippen molar-refractivity contribution in [3.05, 3.63) is 35.9 Å². The standard InChI is InChI=1S/C23H33F3N4O3S.C2HF3O2/c1-29-11-13-30(14-12-29)16-21(32)28-19(8-5-15-34-17-20(31)23(24,25)26)22(33)27-10-9-18-6-3-2-4-7-18;3-2(4,5)1(6)7/h2-4,6-7,19H,5,8-17H2,1H3,(H,27,33)(H,28,32);(H,6,7)/t19-;/m0./s1. The van der Waals surface area contributed by atoms with Crippen LogP contribution in [0.5, 0.6) is 0 Å². The number of quaternary nitrogens is 1. The van der Waals surface area contributed by atoms with Gasteiger partial charge >= 0.3 is 12.4 Å². The molecule has 0 radical (unpaired) electrons. The summed E-state index contributed by atoms with van der Waals surface area (Å²) >= 11 is 0.882. The van der Waals surface area contributed by atoms with E-state index < -0.39 is 35.9 Å². The van der Waals surface area contributed by atoms with Crippen molar-refractivity contribution in [3.8, 4) is 0 Å². The zero-order chi connectivity index (χ0) is 31.1. The highest BCUT2D eigenvalue weighted by Gasteiger charge is 2.37. The third-order valence-electron chi connectivity index (χ3n) is 5.87. The van der Waals surface area contributed by atoms with Gasteiger partial charge in [0, 0.05) is 19.6 Å². The number of hydrogen-bond acceptors (Lipinski definition) is 7. The summed E-state index contributed by atoms with van der Waals surface area (Å²) in [5.74, 6) is -5.66. The van der Waals surface area contributed by atoms with Crippen LogP contribution < -0.4 is 20.6 Å². The molecule has 2 amide bonds. The van der Waals surface area contributed by atoms with Gasteiger partial charge in [-0.15, -0.1) is 0 Å². The number of benzene rings is 1. The lowest BCUT2D eigenvalue weighted by molar-refractivity contribution is -0.896. The van der Waals surface area contributed by atoms with Gasteiger partial charge in [-0.3, -0.25) is 19.3 Å². The van der Waals surface area contributed by atoms with Crippen molar-refractivity contribution in [2.24, 2.45) is 0 Å². The molecule has 3 N–H and O–H groups in total. The minimum atomic E-state index is -5.19. The third-order valence-corrected chi connectivity index (χ3v) is 6.92. The van der Waals surface area contributed by atoms with Gasteiger partial charge in [0.2, 0.25) is 11.7 Å². The van der Waals surface area contributed by atoms with Gasteiger partial charge in [-0.05, 0) is 37.6 Å². The number of nitrogens with one attached hydrogen (secondary N) is 3. The van der Waals surface area contributed by atoms with E-state index in [-0.39, 0.29) is 30.5 Å². The number of carboxylic acids is 1. The Balaban J connectivity index is 0.00000106. The summed E-state index contributed by atoms with van der Waals surface area (Å²) < 4.78 is 68.5. The molecule has 1 aliphatic heterocycles. The van der Waals surface area contributed by atoms with E-state index in [1.54, 1.807) is 0 Å². The number of halogens is 6. The highest BCUT2D eigenvalue weighted by molar-refractivity contribution is 7.99. The number of carbonyl (C=O) groups excluding carboxylic acids is 4. The van der Waals surface area contributed by atoms with Crippen LogP contribution in [-0.4, -0.2) is 105 Å². The Hall–Kier alpha value is -2.85. The molecule has 1 atom stereocenters. The van der Waals surface area contributed by atoms with Crippen molar-refractivity contribution in [1.29, 1.82) is 0 Å². The average Bonchev–Trinajstić information content (AvgIpc) is 2.88. The highest BCUT2D eigenvalue weighted by Crippen LogP contribution is 2.19. The predicted octanol–water partition coefficient (Wildman–Crippen LogP) is -0.396. The first-order chi connectivity index (χ1) is 19.1. The Morgan fingerprint density at radius 3 is 2.15 bits per heavy atom. The van der Waals surface area contributed by atoms with E-state index in [2.05, 4.69) is 15.5 Å². The number of hydrogen-bond donors (Lipinski definition) is 3. The maximum absolute atomic E-state index is 12.8. The largest absolute Gasteiger partial charge is 0.542 e. The lowest BCUT2D eigenvalue weighted by Crippen LogP contribution is -3.15. The second-order valence-electron chi connectivity index (χ2n) is 9.28. The van der Waals surface area contributed by atoms with E-state index >= 15 is 0 Å². The molecule has 0 spiro atoms. The average molecular weight is 617 g/mol. The summed E-state index contributed by atoms with van der Waals surface area (Å²) in [6.07, 6.45) is -8.69. The number of aliphatic carboxylic acids is 1. The lowest BCUT2D eigenvalue weighted by Gasteiger charge is -2.29. The normalized spacial score (nSPS) is 15.3. The smallest absolute Gasteiger partial charge is 0.450 e. The number of piperazine rings is 1. The van der Waals surface area contributed by atoms with Gasteiger partial charge < -0.3 is 25.4 Å². The van der Waals surface area contributed by atoms with Crippen LogP contribution in [0.3, 0.4) is 0 Å². The van der Waals surface area contributed by atoms with Gasteiger partial charge in [0.1, 0.15) is 12.0 Å². The molecule has 2 rings (SSSR count). The SMILES string of the molecule is CN1CC[NH+](CC(=O)N[C@@H](CCCSCC(=O)C(F)(F)F)C(=O)NCCc2ccccc2)CC1.O=C([O-])C(F)(F)F. The minimum Gasteiger partial charge on any atom is -0.542 e. The molecular formula is C25H34F6N4O5S. The fourth-order valence-corrected chi connectivity index (χ4v) is 4.45. The Kier molecular flexibility index (Phi) is 15.8. The molecule has 232 valence electrons. The van der Waals surface area contributed by atoms with E-state index in [9.17, 15) is 40.7 Å². The predicted molar refractivity (Wildman–Crippen MR) is 137 cm³/mol. The first kappa shape index (κ1) is 36.2. The fraction of sp³-hybridized carbons (Fsp3) is 0.600. The fourth-order valence-electron chi connectivity index (χ4n) is 3.59. The molecule has 1 saturated heterocycles. The molecule has 1 aromatic carbocycles. The van der Waals surface area contributed by atoms with Crippen molar-refractivity contribution < 1.29 is 55.5 Å². The lowest BCUT2D eigenvalue weighted by atomic mass is 10.1. The number of alkyl halides is 6. The maximum atomic E-state index is 12.8. The van der Waals surface area contributed by atoms with Crippen LogP contribution in [0.15, 0.2) is 30.3 Å². The Labute approximate surface area is 238 Å². The van der Waals surface area contributed by atoms with Crippen LogP contribution in [0.4, 0.5) is 26.3 Å². The number of thioether (sulfide) groups is 1. The highest BCUT2D eigenvalue weighted by atomic mass is 32.2. The van der Waals surface area contributed by atoms with Gasteiger partial charge in [-0.25, -0.2) is 0 Å². The molecule has 1 heterocycles. The number of rotatable bonds is 13. The van der Waals surface area contributed by atoms with E-state index in [0.717, 1.165) is 48.4 Å². The Bertz CT molecular complexity index is 973. The van der Waals surface area contributed by atoms with Gasteiger partial charge in [0.25, 0.3) is 5.91 Å². The van der Waals surface area contributed by atoms with Gasteiger partial charge in [0.15, 0.2) is 6.54 Å². The van der Waals surface area contributed by atoms with E-state index in [0.29, 0.717) is 19.4 Å². The summed E-state index contributed by atoms with van der Waals surface area (Å²) in [6, 6.07) is 8.91. The van der Waals surface area contributed by atoms with Crippen molar-refractivity contribution >= 4 is 35.3 Å². The van der Waals surface area contributed by atoms with Crippen molar-refractivity contribution in [1.82, 2.24) is 15.5 Å². The zero-order valence-electron chi connectivity index (χ0n) is 22.4.